The number of rotatable bonds is 3. The summed E-state index contributed by atoms with van der Waals surface area (Å²) in [6, 6.07) is 7.47. The number of aldehydes is 1. The Labute approximate surface area is 90.7 Å². The van der Waals surface area contributed by atoms with Crippen LogP contribution in [0.1, 0.15) is 15.4 Å². The topological polar surface area (TPSA) is 22.0 Å². The summed E-state index contributed by atoms with van der Waals surface area (Å²) in [5.41, 5.74) is 0.614. The maximum atomic E-state index is 10.7. The van der Waals surface area contributed by atoms with Crippen molar-refractivity contribution in [2.24, 2.45) is 0 Å². The predicted octanol–water partition coefficient (Wildman–Crippen LogP) is 3.06. The third-order valence-corrected chi connectivity index (χ3v) is 3.17. The average Bonchev–Trinajstić information content (AvgIpc) is 2.79. The first-order chi connectivity index (χ1) is 6.81. The summed E-state index contributed by atoms with van der Waals surface area (Å²) in [5.74, 6) is 0. The van der Waals surface area contributed by atoms with Gasteiger partial charge in [0.1, 0.15) is 5.15 Å². The maximum Gasteiger partial charge on any atom is 0.166 e. The van der Waals surface area contributed by atoms with Crippen LogP contribution in [0.2, 0.25) is 5.15 Å². The molecule has 0 unspecified atom stereocenters. The van der Waals surface area contributed by atoms with Gasteiger partial charge in [0.15, 0.2) is 6.29 Å². The lowest BCUT2D eigenvalue weighted by molar-refractivity contribution is 0.111. The normalized spacial score (nSPS) is 10.4. The smallest absolute Gasteiger partial charge is 0.166 e. The van der Waals surface area contributed by atoms with Crippen molar-refractivity contribution in [1.82, 2.24) is 4.57 Å². The fraction of sp³-hybridized carbons (Fsp3) is 0.100. The summed E-state index contributed by atoms with van der Waals surface area (Å²) in [5, 5.41) is 2.60. The van der Waals surface area contributed by atoms with Gasteiger partial charge in [-0.25, -0.2) is 0 Å². The second kappa shape index (κ2) is 3.98. The van der Waals surface area contributed by atoms with Crippen molar-refractivity contribution in [3.63, 3.8) is 0 Å². The summed E-state index contributed by atoms with van der Waals surface area (Å²) in [6.07, 6.45) is 0.819. The third kappa shape index (κ3) is 1.74. The zero-order chi connectivity index (χ0) is 9.97. The van der Waals surface area contributed by atoms with Crippen molar-refractivity contribution < 1.29 is 4.79 Å². The van der Waals surface area contributed by atoms with E-state index in [1.165, 1.54) is 4.88 Å². The Morgan fingerprint density at radius 2 is 2.29 bits per heavy atom. The second-order valence-corrected chi connectivity index (χ2v) is 4.28. The molecular weight excluding hydrogens is 218 g/mol. The van der Waals surface area contributed by atoms with Crippen LogP contribution in [-0.2, 0) is 6.54 Å². The van der Waals surface area contributed by atoms with Gasteiger partial charge in [0, 0.05) is 4.88 Å². The van der Waals surface area contributed by atoms with E-state index in [1.807, 2.05) is 17.5 Å². The minimum absolute atomic E-state index is 0.598. The Bertz CT molecular complexity index is 433. The quantitative estimate of drug-likeness (QED) is 0.736. The van der Waals surface area contributed by atoms with E-state index < -0.39 is 0 Å². The highest BCUT2D eigenvalue weighted by atomic mass is 35.5. The average molecular weight is 226 g/mol. The Hall–Kier alpha value is -1.06. The summed E-state index contributed by atoms with van der Waals surface area (Å²) in [7, 11) is 0. The van der Waals surface area contributed by atoms with E-state index in [1.54, 1.807) is 28.0 Å². The lowest BCUT2D eigenvalue weighted by Gasteiger charge is -2.04. The lowest BCUT2D eigenvalue weighted by atomic mass is 10.4. The van der Waals surface area contributed by atoms with Crippen molar-refractivity contribution >= 4 is 29.2 Å². The Kier molecular flexibility index (Phi) is 2.70. The van der Waals surface area contributed by atoms with Gasteiger partial charge in [-0.1, -0.05) is 17.7 Å². The number of hydrogen-bond acceptors (Lipinski definition) is 2. The first-order valence-electron chi connectivity index (χ1n) is 4.14. The largest absolute Gasteiger partial charge is 0.324 e. The molecule has 4 heteroatoms. The van der Waals surface area contributed by atoms with E-state index in [9.17, 15) is 4.79 Å². The molecule has 2 rings (SSSR count). The standard InChI is InChI=1S/C10H8ClNOS/c11-10-4-3-8(7-13)12(10)6-9-2-1-5-14-9/h1-5,7H,6H2. The van der Waals surface area contributed by atoms with E-state index in [2.05, 4.69) is 0 Å². The van der Waals surface area contributed by atoms with Crippen LogP contribution >= 0.6 is 22.9 Å². The molecule has 0 radical (unpaired) electrons. The summed E-state index contributed by atoms with van der Waals surface area (Å²) in [6.45, 7) is 0.664. The van der Waals surface area contributed by atoms with Gasteiger partial charge >= 0.3 is 0 Å². The minimum Gasteiger partial charge on any atom is -0.324 e. The molecule has 2 heterocycles. The van der Waals surface area contributed by atoms with Crippen LogP contribution < -0.4 is 0 Å². The third-order valence-electron chi connectivity index (χ3n) is 1.98. The molecule has 72 valence electrons. The van der Waals surface area contributed by atoms with Crippen LogP contribution in [0.25, 0.3) is 0 Å². The molecule has 0 saturated heterocycles. The molecule has 0 N–H and O–H groups in total. The van der Waals surface area contributed by atoms with Gasteiger partial charge in [-0.05, 0) is 23.6 Å². The molecule has 0 aromatic carbocycles. The number of hydrogen-bond donors (Lipinski definition) is 0. The van der Waals surface area contributed by atoms with Gasteiger partial charge < -0.3 is 4.57 Å². The zero-order valence-corrected chi connectivity index (χ0v) is 8.89. The molecule has 0 aliphatic carbocycles. The Balaban J connectivity index is 2.32. The monoisotopic (exact) mass is 225 g/mol. The summed E-state index contributed by atoms with van der Waals surface area (Å²) in [4.78, 5) is 11.9. The van der Waals surface area contributed by atoms with E-state index in [4.69, 9.17) is 11.6 Å². The van der Waals surface area contributed by atoms with Crippen LogP contribution in [0.4, 0.5) is 0 Å². The first-order valence-corrected chi connectivity index (χ1v) is 5.39. The molecule has 0 spiro atoms. The van der Waals surface area contributed by atoms with Crippen LogP contribution in [0.3, 0.4) is 0 Å². The number of carbonyl (C=O) groups excluding carboxylic acids is 1. The fourth-order valence-corrected chi connectivity index (χ4v) is 2.20. The number of thiophene rings is 1. The molecule has 0 aliphatic rings. The highest BCUT2D eigenvalue weighted by Crippen LogP contribution is 2.18. The molecule has 0 saturated carbocycles. The molecule has 0 bridgehead atoms. The number of nitrogens with zero attached hydrogens (tertiary/aromatic N) is 1. The van der Waals surface area contributed by atoms with Crippen LogP contribution in [0, 0.1) is 0 Å². The molecule has 2 aromatic heterocycles. The Morgan fingerprint density at radius 3 is 2.93 bits per heavy atom. The SMILES string of the molecule is O=Cc1ccc(Cl)n1Cc1cccs1. The van der Waals surface area contributed by atoms with Gasteiger partial charge in [0.2, 0.25) is 0 Å². The Morgan fingerprint density at radius 1 is 1.43 bits per heavy atom. The maximum absolute atomic E-state index is 10.7. The lowest BCUT2D eigenvalue weighted by Crippen LogP contribution is -2.02. The molecule has 14 heavy (non-hydrogen) atoms. The van der Waals surface area contributed by atoms with Crippen LogP contribution in [0.5, 0.6) is 0 Å². The summed E-state index contributed by atoms with van der Waals surface area (Å²) < 4.78 is 1.79. The minimum atomic E-state index is 0.598. The van der Waals surface area contributed by atoms with Crippen LogP contribution in [-0.4, -0.2) is 10.9 Å². The number of carbonyl (C=O) groups is 1. The van der Waals surface area contributed by atoms with Crippen molar-refractivity contribution in [2.75, 3.05) is 0 Å². The molecule has 0 aliphatic heterocycles. The second-order valence-electron chi connectivity index (χ2n) is 2.86. The highest BCUT2D eigenvalue weighted by molar-refractivity contribution is 7.09. The summed E-state index contributed by atoms with van der Waals surface area (Å²) >= 11 is 7.60. The van der Waals surface area contributed by atoms with E-state index in [-0.39, 0.29) is 0 Å². The first kappa shape index (κ1) is 9.49. The van der Waals surface area contributed by atoms with Crippen molar-refractivity contribution in [2.45, 2.75) is 6.54 Å². The van der Waals surface area contributed by atoms with Crippen LogP contribution in [0.15, 0.2) is 29.6 Å². The molecule has 2 aromatic rings. The molecule has 2 nitrogen and oxygen atoms in total. The molecule has 0 fully saturated rings. The predicted molar refractivity (Wildman–Crippen MR) is 58.3 cm³/mol. The molecule has 0 amide bonds. The zero-order valence-electron chi connectivity index (χ0n) is 7.31. The van der Waals surface area contributed by atoms with Gasteiger partial charge in [-0.2, -0.15) is 0 Å². The van der Waals surface area contributed by atoms with Crippen molar-refractivity contribution in [3.05, 3.63) is 45.4 Å². The number of halogens is 1. The van der Waals surface area contributed by atoms with Gasteiger partial charge in [-0.15, -0.1) is 11.3 Å². The van der Waals surface area contributed by atoms with E-state index in [0.717, 1.165) is 6.29 Å². The molecular formula is C10H8ClNOS. The van der Waals surface area contributed by atoms with Gasteiger partial charge in [-0.3, -0.25) is 4.79 Å². The van der Waals surface area contributed by atoms with Gasteiger partial charge in [0.25, 0.3) is 0 Å². The van der Waals surface area contributed by atoms with Crippen molar-refractivity contribution in [1.29, 1.82) is 0 Å². The fourth-order valence-electron chi connectivity index (χ4n) is 1.29. The van der Waals surface area contributed by atoms with E-state index in [0.29, 0.717) is 17.4 Å². The van der Waals surface area contributed by atoms with Gasteiger partial charge in [0.05, 0.1) is 12.2 Å². The molecule has 0 atom stereocenters. The van der Waals surface area contributed by atoms with E-state index >= 15 is 0 Å². The van der Waals surface area contributed by atoms with Crippen molar-refractivity contribution in [3.8, 4) is 0 Å². The number of aromatic nitrogens is 1. The highest BCUT2D eigenvalue weighted by Gasteiger charge is 2.06.